The molecule has 1 N–H and O–H groups in total. The summed E-state index contributed by atoms with van der Waals surface area (Å²) < 4.78 is 7.80. The van der Waals surface area contributed by atoms with Crippen molar-refractivity contribution >= 4 is 22.8 Å². The van der Waals surface area contributed by atoms with Gasteiger partial charge in [0, 0.05) is 25.7 Å². The Labute approximate surface area is 134 Å². The Morgan fingerprint density at radius 2 is 2.30 bits per heavy atom. The number of rotatable bonds is 4. The van der Waals surface area contributed by atoms with Crippen molar-refractivity contribution in [2.75, 3.05) is 19.6 Å². The second kappa shape index (κ2) is 6.28. The highest BCUT2D eigenvalue weighted by Gasteiger charge is 2.26. The minimum Gasteiger partial charge on any atom is -0.481 e. The lowest BCUT2D eigenvalue weighted by molar-refractivity contribution is -0.143. The van der Waals surface area contributed by atoms with Gasteiger partial charge in [0.2, 0.25) is 5.91 Å². The van der Waals surface area contributed by atoms with Crippen LogP contribution in [0.4, 0.5) is 0 Å². The lowest BCUT2D eigenvalue weighted by Gasteiger charge is -2.29. The highest BCUT2D eigenvalue weighted by Crippen LogP contribution is 2.21. The van der Waals surface area contributed by atoms with Crippen molar-refractivity contribution in [3.05, 3.63) is 24.5 Å². The highest BCUT2D eigenvalue weighted by molar-refractivity contribution is 5.88. The van der Waals surface area contributed by atoms with E-state index < -0.39 is 6.10 Å². The molecule has 7 nitrogen and oxygen atoms in total. The van der Waals surface area contributed by atoms with Crippen LogP contribution in [-0.2, 0) is 16.1 Å². The van der Waals surface area contributed by atoms with Crippen LogP contribution in [0, 0.1) is 0 Å². The predicted molar refractivity (Wildman–Crippen MR) is 85.1 cm³/mol. The Morgan fingerprint density at radius 1 is 1.48 bits per heavy atom. The largest absolute Gasteiger partial charge is 0.481 e. The van der Waals surface area contributed by atoms with Gasteiger partial charge in [0.25, 0.3) is 5.91 Å². The molecule has 0 bridgehead atoms. The second-order valence-electron chi connectivity index (χ2n) is 5.55. The van der Waals surface area contributed by atoms with E-state index in [0.29, 0.717) is 18.8 Å². The average Bonchev–Trinajstić information content (AvgIpc) is 2.96. The first-order chi connectivity index (χ1) is 11.1. The van der Waals surface area contributed by atoms with E-state index in [2.05, 4.69) is 10.3 Å². The van der Waals surface area contributed by atoms with Crippen LogP contribution in [0.25, 0.3) is 11.0 Å². The van der Waals surface area contributed by atoms with Crippen molar-refractivity contribution in [1.29, 1.82) is 0 Å². The molecule has 7 heteroatoms. The molecule has 2 amide bonds. The van der Waals surface area contributed by atoms with Crippen molar-refractivity contribution in [3.8, 4) is 5.75 Å². The number of imidazole rings is 1. The number of aromatic nitrogens is 2. The molecular weight excluding hydrogens is 296 g/mol. The fourth-order valence-electron chi connectivity index (χ4n) is 2.70. The van der Waals surface area contributed by atoms with Crippen molar-refractivity contribution < 1.29 is 14.3 Å². The normalized spacial score (nSPS) is 16.3. The smallest absolute Gasteiger partial charge is 0.263 e. The Kier molecular flexibility index (Phi) is 4.18. The molecule has 2 aromatic rings. The molecule has 3 rings (SSSR count). The molecule has 1 unspecified atom stereocenters. The Bertz CT molecular complexity index is 740. The summed E-state index contributed by atoms with van der Waals surface area (Å²) >= 11 is 0. The SMILES string of the molecule is CCn1cnc2ccc(OC(C)C(=O)N3CCNC(=O)C3)cc21. The molecule has 1 aromatic heterocycles. The van der Waals surface area contributed by atoms with Crippen molar-refractivity contribution in [2.24, 2.45) is 0 Å². The third kappa shape index (κ3) is 3.13. The molecule has 0 radical (unpaired) electrons. The lowest BCUT2D eigenvalue weighted by Crippen LogP contribution is -2.53. The molecule has 2 heterocycles. The molecule has 1 aliphatic rings. The molecule has 1 atom stereocenters. The van der Waals surface area contributed by atoms with Gasteiger partial charge in [-0.05, 0) is 26.0 Å². The van der Waals surface area contributed by atoms with E-state index in [1.54, 1.807) is 13.3 Å². The number of ether oxygens (including phenoxy) is 1. The minimum atomic E-state index is -0.642. The summed E-state index contributed by atoms with van der Waals surface area (Å²) in [6.07, 6.45) is 1.14. The minimum absolute atomic E-state index is 0.0914. The summed E-state index contributed by atoms with van der Waals surface area (Å²) in [7, 11) is 0. The molecule has 1 saturated heterocycles. The van der Waals surface area contributed by atoms with E-state index in [1.165, 1.54) is 4.90 Å². The number of carbonyl (C=O) groups excluding carboxylic acids is 2. The van der Waals surface area contributed by atoms with E-state index in [9.17, 15) is 9.59 Å². The maximum Gasteiger partial charge on any atom is 0.263 e. The third-order valence-electron chi connectivity index (χ3n) is 3.94. The summed E-state index contributed by atoms with van der Waals surface area (Å²) in [5, 5.41) is 2.70. The standard InChI is InChI=1S/C16H20N4O3/c1-3-19-10-18-13-5-4-12(8-14(13)19)23-11(2)16(22)20-7-6-17-15(21)9-20/h4-5,8,10-11H,3,6-7,9H2,1-2H3,(H,17,21). The highest BCUT2D eigenvalue weighted by atomic mass is 16.5. The van der Waals surface area contributed by atoms with Crippen LogP contribution in [0.2, 0.25) is 0 Å². The molecule has 0 spiro atoms. The van der Waals surface area contributed by atoms with Gasteiger partial charge in [-0.2, -0.15) is 0 Å². The lowest BCUT2D eigenvalue weighted by atomic mass is 10.2. The van der Waals surface area contributed by atoms with Gasteiger partial charge in [-0.3, -0.25) is 9.59 Å². The molecular formula is C16H20N4O3. The Hall–Kier alpha value is -2.57. The Balaban J connectivity index is 1.72. The number of fused-ring (bicyclic) bond motifs is 1. The number of carbonyl (C=O) groups is 2. The summed E-state index contributed by atoms with van der Waals surface area (Å²) in [6, 6.07) is 5.57. The number of amides is 2. The number of benzene rings is 1. The first kappa shape index (κ1) is 15.3. The van der Waals surface area contributed by atoms with Crippen LogP contribution >= 0.6 is 0 Å². The van der Waals surface area contributed by atoms with E-state index in [4.69, 9.17) is 4.74 Å². The summed E-state index contributed by atoms with van der Waals surface area (Å²) in [5.41, 5.74) is 1.87. The molecule has 1 aliphatic heterocycles. The first-order valence-corrected chi connectivity index (χ1v) is 7.75. The summed E-state index contributed by atoms with van der Waals surface area (Å²) in [6.45, 7) is 5.66. The van der Waals surface area contributed by atoms with Crippen molar-refractivity contribution in [2.45, 2.75) is 26.5 Å². The monoisotopic (exact) mass is 316 g/mol. The number of piperazine rings is 1. The van der Waals surface area contributed by atoms with Gasteiger partial charge in [0.1, 0.15) is 5.75 Å². The predicted octanol–water partition coefficient (Wildman–Crippen LogP) is 0.782. The second-order valence-corrected chi connectivity index (χ2v) is 5.55. The van der Waals surface area contributed by atoms with E-state index in [1.807, 2.05) is 29.7 Å². The van der Waals surface area contributed by atoms with Crippen LogP contribution in [0.5, 0.6) is 5.75 Å². The van der Waals surface area contributed by atoms with Gasteiger partial charge >= 0.3 is 0 Å². The number of nitrogens with zero attached hydrogens (tertiary/aromatic N) is 3. The fraction of sp³-hybridized carbons (Fsp3) is 0.438. The zero-order chi connectivity index (χ0) is 16.4. The number of nitrogens with one attached hydrogen (secondary N) is 1. The van der Waals surface area contributed by atoms with E-state index >= 15 is 0 Å². The number of hydrogen-bond acceptors (Lipinski definition) is 4. The van der Waals surface area contributed by atoms with Crippen LogP contribution in [-0.4, -0.2) is 52.0 Å². The van der Waals surface area contributed by atoms with Gasteiger partial charge in [-0.25, -0.2) is 4.98 Å². The van der Waals surface area contributed by atoms with Crippen LogP contribution in [0.1, 0.15) is 13.8 Å². The molecule has 0 aliphatic carbocycles. The Morgan fingerprint density at radius 3 is 3.04 bits per heavy atom. The van der Waals surface area contributed by atoms with Gasteiger partial charge in [-0.15, -0.1) is 0 Å². The molecule has 23 heavy (non-hydrogen) atoms. The van der Waals surface area contributed by atoms with Gasteiger partial charge < -0.3 is 19.5 Å². The fourth-order valence-corrected chi connectivity index (χ4v) is 2.70. The number of hydrogen-bond donors (Lipinski definition) is 1. The van der Waals surface area contributed by atoms with Gasteiger partial charge in [-0.1, -0.05) is 0 Å². The maximum absolute atomic E-state index is 12.4. The van der Waals surface area contributed by atoms with Gasteiger partial charge in [0.15, 0.2) is 6.10 Å². The molecule has 0 saturated carbocycles. The molecule has 122 valence electrons. The summed E-state index contributed by atoms with van der Waals surface area (Å²) in [4.78, 5) is 29.6. The molecule has 1 fully saturated rings. The summed E-state index contributed by atoms with van der Waals surface area (Å²) in [5.74, 6) is 0.309. The topological polar surface area (TPSA) is 76.5 Å². The van der Waals surface area contributed by atoms with Crippen LogP contribution in [0.3, 0.4) is 0 Å². The zero-order valence-corrected chi connectivity index (χ0v) is 13.3. The van der Waals surface area contributed by atoms with Crippen LogP contribution < -0.4 is 10.1 Å². The van der Waals surface area contributed by atoms with Crippen LogP contribution in [0.15, 0.2) is 24.5 Å². The van der Waals surface area contributed by atoms with E-state index in [0.717, 1.165) is 17.6 Å². The number of aryl methyl sites for hydroxylation is 1. The van der Waals surface area contributed by atoms with E-state index in [-0.39, 0.29) is 18.4 Å². The zero-order valence-electron chi connectivity index (χ0n) is 13.3. The quantitative estimate of drug-likeness (QED) is 0.904. The maximum atomic E-state index is 12.4. The molecule has 1 aromatic carbocycles. The van der Waals surface area contributed by atoms with Crippen molar-refractivity contribution in [1.82, 2.24) is 19.8 Å². The van der Waals surface area contributed by atoms with Crippen molar-refractivity contribution in [3.63, 3.8) is 0 Å². The third-order valence-corrected chi connectivity index (χ3v) is 3.94. The van der Waals surface area contributed by atoms with Gasteiger partial charge in [0.05, 0.1) is 23.9 Å². The first-order valence-electron chi connectivity index (χ1n) is 7.75. The average molecular weight is 316 g/mol.